The van der Waals surface area contributed by atoms with E-state index in [1.807, 2.05) is 4.90 Å². The molecule has 2 heterocycles. The second-order valence-corrected chi connectivity index (χ2v) is 7.51. The topological polar surface area (TPSA) is 46.1 Å². The number of carbonyl (C=O) groups excluding carboxylic acids is 1. The van der Waals surface area contributed by atoms with Crippen molar-refractivity contribution in [3.05, 3.63) is 10.0 Å². The Hall–Kier alpha value is -0.970. The Balaban J connectivity index is 1.94. The standard InChI is InChI=1S/C16H27N3OS/c1-4-5-8-15(20)19-9-6-7-13(11-19)16-18-17-14(21-16)10-12(2)3/h12-13H,4-11H2,1-3H3. The average Bonchev–Trinajstić information content (AvgIpc) is 2.92. The molecule has 2 rings (SSSR count). The third-order valence-corrected chi connectivity index (χ3v) is 5.04. The Morgan fingerprint density at radius 2 is 2.24 bits per heavy atom. The van der Waals surface area contributed by atoms with Gasteiger partial charge in [0.1, 0.15) is 10.0 Å². The van der Waals surface area contributed by atoms with Gasteiger partial charge in [-0.2, -0.15) is 0 Å². The number of carbonyl (C=O) groups is 1. The molecule has 1 aromatic rings. The fourth-order valence-corrected chi connectivity index (χ4v) is 3.94. The average molecular weight is 309 g/mol. The van der Waals surface area contributed by atoms with E-state index in [1.54, 1.807) is 11.3 Å². The number of aromatic nitrogens is 2. The van der Waals surface area contributed by atoms with Crippen molar-refractivity contribution < 1.29 is 4.79 Å². The van der Waals surface area contributed by atoms with Crippen molar-refractivity contribution in [3.63, 3.8) is 0 Å². The fourth-order valence-electron chi connectivity index (χ4n) is 2.75. The monoisotopic (exact) mass is 309 g/mol. The predicted molar refractivity (Wildman–Crippen MR) is 86.5 cm³/mol. The summed E-state index contributed by atoms with van der Waals surface area (Å²) in [6, 6.07) is 0. The minimum atomic E-state index is 0.313. The largest absolute Gasteiger partial charge is 0.342 e. The molecule has 0 bridgehead atoms. The highest BCUT2D eigenvalue weighted by Gasteiger charge is 2.26. The molecule has 4 nitrogen and oxygen atoms in total. The van der Waals surface area contributed by atoms with Gasteiger partial charge in [-0.05, 0) is 25.2 Å². The number of amides is 1. The van der Waals surface area contributed by atoms with Gasteiger partial charge in [0.05, 0.1) is 0 Å². The van der Waals surface area contributed by atoms with Crippen LogP contribution in [0.5, 0.6) is 0 Å². The molecule has 1 unspecified atom stereocenters. The molecule has 1 aromatic heterocycles. The smallest absolute Gasteiger partial charge is 0.222 e. The summed E-state index contributed by atoms with van der Waals surface area (Å²) in [5.74, 6) is 1.32. The number of piperidine rings is 1. The maximum Gasteiger partial charge on any atom is 0.222 e. The molecule has 0 aliphatic carbocycles. The van der Waals surface area contributed by atoms with E-state index >= 15 is 0 Å². The molecule has 0 saturated carbocycles. The lowest BCUT2D eigenvalue weighted by molar-refractivity contribution is -0.132. The fraction of sp³-hybridized carbons (Fsp3) is 0.812. The van der Waals surface area contributed by atoms with Crippen LogP contribution in [-0.2, 0) is 11.2 Å². The number of hydrogen-bond acceptors (Lipinski definition) is 4. The van der Waals surface area contributed by atoms with Crippen molar-refractivity contribution >= 4 is 17.2 Å². The summed E-state index contributed by atoms with van der Waals surface area (Å²) >= 11 is 1.74. The molecule has 1 aliphatic rings. The first kappa shape index (κ1) is 16.4. The van der Waals surface area contributed by atoms with Crippen LogP contribution in [-0.4, -0.2) is 34.1 Å². The van der Waals surface area contributed by atoms with Gasteiger partial charge in [0.15, 0.2) is 0 Å². The van der Waals surface area contributed by atoms with E-state index in [0.717, 1.165) is 55.2 Å². The maximum absolute atomic E-state index is 12.2. The zero-order valence-electron chi connectivity index (χ0n) is 13.5. The van der Waals surface area contributed by atoms with E-state index in [0.29, 0.717) is 24.2 Å². The number of rotatable bonds is 6. The highest BCUT2D eigenvalue weighted by atomic mass is 32.1. The second-order valence-electron chi connectivity index (χ2n) is 6.41. The summed E-state index contributed by atoms with van der Waals surface area (Å²) in [4.78, 5) is 14.2. The van der Waals surface area contributed by atoms with E-state index < -0.39 is 0 Å². The van der Waals surface area contributed by atoms with E-state index in [4.69, 9.17) is 0 Å². The summed E-state index contributed by atoms with van der Waals surface area (Å²) < 4.78 is 0. The van der Waals surface area contributed by atoms with Crippen LogP contribution in [0.2, 0.25) is 0 Å². The molecule has 5 heteroatoms. The highest BCUT2D eigenvalue weighted by Crippen LogP contribution is 2.30. The van der Waals surface area contributed by atoms with Gasteiger partial charge in [-0.1, -0.05) is 27.2 Å². The molecular formula is C16H27N3OS. The zero-order chi connectivity index (χ0) is 15.2. The van der Waals surface area contributed by atoms with Crippen LogP contribution in [0.3, 0.4) is 0 Å². The first-order valence-corrected chi connectivity index (χ1v) is 9.01. The molecule has 1 fully saturated rings. The number of hydrogen-bond donors (Lipinski definition) is 0. The van der Waals surface area contributed by atoms with Crippen LogP contribution in [0.15, 0.2) is 0 Å². The van der Waals surface area contributed by atoms with Crippen LogP contribution in [0.1, 0.15) is 68.8 Å². The Labute approximate surface area is 132 Å². The van der Waals surface area contributed by atoms with Crippen LogP contribution >= 0.6 is 11.3 Å². The van der Waals surface area contributed by atoms with E-state index in [-0.39, 0.29) is 0 Å². The number of unbranched alkanes of at least 4 members (excludes halogenated alkanes) is 1. The summed E-state index contributed by atoms with van der Waals surface area (Å²) in [5.41, 5.74) is 0. The van der Waals surface area contributed by atoms with Crippen molar-refractivity contribution in [1.82, 2.24) is 15.1 Å². The van der Waals surface area contributed by atoms with Gasteiger partial charge in [0.25, 0.3) is 0 Å². The molecule has 118 valence electrons. The second kappa shape index (κ2) is 7.87. The van der Waals surface area contributed by atoms with Crippen molar-refractivity contribution in [1.29, 1.82) is 0 Å². The molecule has 1 amide bonds. The Kier molecular flexibility index (Phi) is 6.15. The van der Waals surface area contributed by atoms with Gasteiger partial charge in [-0.15, -0.1) is 21.5 Å². The van der Waals surface area contributed by atoms with Crippen LogP contribution in [0.4, 0.5) is 0 Å². The van der Waals surface area contributed by atoms with Gasteiger partial charge in [-0.25, -0.2) is 0 Å². The summed E-state index contributed by atoms with van der Waals surface area (Å²) in [7, 11) is 0. The molecule has 0 aromatic carbocycles. The summed E-state index contributed by atoms with van der Waals surface area (Å²) in [6.07, 6.45) is 5.99. The highest BCUT2D eigenvalue weighted by molar-refractivity contribution is 7.11. The quantitative estimate of drug-likeness (QED) is 0.806. The van der Waals surface area contributed by atoms with Crippen molar-refractivity contribution in [2.45, 2.75) is 65.2 Å². The third-order valence-electron chi connectivity index (χ3n) is 3.93. The molecule has 1 aliphatic heterocycles. The first-order chi connectivity index (χ1) is 10.1. The minimum Gasteiger partial charge on any atom is -0.342 e. The molecule has 21 heavy (non-hydrogen) atoms. The van der Waals surface area contributed by atoms with Crippen LogP contribution in [0.25, 0.3) is 0 Å². The van der Waals surface area contributed by atoms with Gasteiger partial charge < -0.3 is 4.90 Å². The SMILES string of the molecule is CCCCC(=O)N1CCCC(c2nnc(CC(C)C)s2)C1. The van der Waals surface area contributed by atoms with Crippen molar-refractivity contribution in [2.75, 3.05) is 13.1 Å². The first-order valence-electron chi connectivity index (χ1n) is 8.20. The number of likely N-dealkylation sites (tertiary alicyclic amines) is 1. The lowest BCUT2D eigenvalue weighted by atomic mass is 9.98. The Morgan fingerprint density at radius 1 is 1.43 bits per heavy atom. The molecule has 0 spiro atoms. The molecular weight excluding hydrogens is 282 g/mol. The van der Waals surface area contributed by atoms with E-state index in [2.05, 4.69) is 31.0 Å². The lowest BCUT2D eigenvalue weighted by Crippen LogP contribution is -2.38. The van der Waals surface area contributed by atoms with Crippen molar-refractivity contribution in [2.24, 2.45) is 5.92 Å². The van der Waals surface area contributed by atoms with Crippen LogP contribution < -0.4 is 0 Å². The zero-order valence-corrected chi connectivity index (χ0v) is 14.3. The van der Waals surface area contributed by atoms with E-state index in [1.165, 1.54) is 0 Å². The third kappa shape index (κ3) is 4.77. The normalized spacial score (nSPS) is 19.2. The predicted octanol–water partition coefficient (Wildman–Crippen LogP) is 3.63. The van der Waals surface area contributed by atoms with Gasteiger partial charge in [0, 0.05) is 31.8 Å². The van der Waals surface area contributed by atoms with Gasteiger partial charge >= 0.3 is 0 Å². The number of nitrogens with zero attached hydrogens (tertiary/aromatic N) is 3. The molecule has 0 N–H and O–H groups in total. The Morgan fingerprint density at radius 3 is 2.95 bits per heavy atom. The van der Waals surface area contributed by atoms with Gasteiger partial charge in [-0.3, -0.25) is 4.79 Å². The Bertz CT molecular complexity index is 458. The van der Waals surface area contributed by atoms with Gasteiger partial charge in [0.2, 0.25) is 5.91 Å². The van der Waals surface area contributed by atoms with Crippen molar-refractivity contribution in [3.8, 4) is 0 Å². The maximum atomic E-state index is 12.2. The molecule has 1 saturated heterocycles. The molecule has 0 radical (unpaired) electrons. The minimum absolute atomic E-state index is 0.313. The van der Waals surface area contributed by atoms with E-state index in [9.17, 15) is 4.79 Å². The van der Waals surface area contributed by atoms with Crippen LogP contribution in [0, 0.1) is 5.92 Å². The summed E-state index contributed by atoms with van der Waals surface area (Å²) in [6.45, 7) is 8.28. The summed E-state index contributed by atoms with van der Waals surface area (Å²) in [5, 5.41) is 11.0. The molecule has 1 atom stereocenters. The lowest BCUT2D eigenvalue weighted by Gasteiger charge is -2.31.